The molecule has 1 aromatic rings. The molecule has 0 radical (unpaired) electrons. The lowest BCUT2D eigenvalue weighted by Crippen LogP contribution is -2.43. The van der Waals surface area contributed by atoms with Crippen molar-refractivity contribution < 1.29 is 4.79 Å². The van der Waals surface area contributed by atoms with Gasteiger partial charge in [0.25, 0.3) is 0 Å². The van der Waals surface area contributed by atoms with Gasteiger partial charge in [-0.3, -0.25) is 9.69 Å². The standard InChI is InChI=1S/C14H18Cl2N2O/c1-10(19)17-12-4-6-18(7-5-12)9-11-2-3-13(15)14(16)8-11/h2-3,8,12H,4-7,9H2,1H3,(H,17,19). The second-order valence-corrected chi connectivity index (χ2v) is 5.81. The number of nitrogens with zero attached hydrogens (tertiary/aromatic N) is 1. The van der Waals surface area contributed by atoms with Gasteiger partial charge < -0.3 is 5.32 Å². The number of amides is 1. The van der Waals surface area contributed by atoms with Crippen molar-refractivity contribution in [2.24, 2.45) is 0 Å². The molecule has 1 heterocycles. The maximum absolute atomic E-state index is 11.0. The second kappa shape index (κ2) is 6.60. The summed E-state index contributed by atoms with van der Waals surface area (Å²) in [5, 5.41) is 4.17. The summed E-state index contributed by atoms with van der Waals surface area (Å²) in [6.45, 7) is 4.43. The third kappa shape index (κ3) is 4.37. The highest BCUT2D eigenvalue weighted by atomic mass is 35.5. The zero-order chi connectivity index (χ0) is 13.8. The average molecular weight is 301 g/mol. The molecular weight excluding hydrogens is 283 g/mol. The fraction of sp³-hybridized carbons (Fsp3) is 0.500. The Morgan fingerprint density at radius 1 is 1.32 bits per heavy atom. The van der Waals surface area contributed by atoms with E-state index in [1.165, 1.54) is 5.56 Å². The van der Waals surface area contributed by atoms with Gasteiger partial charge in [0.2, 0.25) is 5.91 Å². The summed E-state index contributed by atoms with van der Waals surface area (Å²) in [6, 6.07) is 6.09. The van der Waals surface area contributed by atoms with Crippen molar-refractivity contribution in [2.75, 3.05) is 13.1 Å². The lowest BCUT2D eigenvalue weighted by molar-refractivity contribution is -0.119. The predicted octanol–water partition coefficient (Wildman–Crippen LogP) is 3.09. The van der Waals surface area contributed by atoms with Crippen molar-refractivity contribution in [3.63, 3.8) is 0 Å². The number of nitrogens with one attached hydrogen (secondary N) is 1. The Hall–Kier alpha value is -0.770. The number of carbonyl (C=O) groups excluding carboxylic acids is 1. The van der Waals surface area contributed by atoms with Crippen LogP contribution in [0.3, 0.4) is 0 Å². The molecule has 5 heteroatoms. The second-order valence-electron chi connectivity index (χ2n) is 5.00. The van der Waals surface area contributed by atoms with Gasteiger partial charge in [0, 0.05) is 32.6 Å². The smallest absolute Gasteiger partial charge is 0.217 e. The third-order valence-corrected chi connectivity index (χ3v) is 4.12. The average Bonchev–Trinajstić information content (AvgIpc) is 2.36. The maximum Gasteiger partial charge on any atom is 0.217 e. The quantitative estimate of drug-likeness (QED) is 0.930. The summed E-state index contributed by atoms with van der Waals surface area (Å²) in [5.74, 6) is 0.0583. The highest BCUT2D eigenvalue weighted by Gasteiger charge is 2.19. The number of hydrogen-bond acceptors (Lipinski definition) is 2. The molecule has 1 aliphatic heterocycles. The van der Waals surface area contributed by atoms with Gasteiger partial charge in [0.1, 0.15) is 0 Å². The van der Waals surface area contributed by atoms with Crippen LogP contribution < -0.4 is 5.32 Å². The van der Waals surface area contributed by atoms with Crippen molar-refractivity contribution in [3.05, 3.63) is 33.8 Å². The summed E-state index contributed by atoms with van der Waals surface area (Å²) in [7, 11) is 0. The monoisotopic (exact) mass is 300 g/mol. The van der Waals surface area contributed by atoms with Crippen LogP contribution in [0.5, 0.6) is 0 Å². The summed E-state index contributed by atoms with van der Waals surface area (Å²) < 4.78 is 0. The van der Waals surface area contributed by atoms with Crippen molar-refractivity contribution >= 4 is 29.1 Å². The number of rotatable bonds is 3. The first-order chi connectivity index (χ1) is 9.04. The summed E-state index contributed by atoms with van der Waals surface area (Å²) in [4.78, 5) is 13.4. The normalized spacial score (nSPS) is 17.4. The van der Waals surface area contributed by atoms with E-state index in [0.29, 0.717) is 16.1 Å². The van der Waals surface area contributed by atoms with Gasteiger partial charge in [0.15, 0.2) is 0 Å². The van der Waals surface area contributed by atoms with E-state index in [0.717, 1.165) is 32.5 Å². The molecule has 0 bridgehead atoms. The largest absolute Gasteiger partial charge is 0.354 e. The van der Waals surface area contributed by atoms with Crippen molar-refractivity contribution in [2.45, 2.75) is 32.4 Å². The van der Waals surface area contributed by atoms with E-state index in [4.69, 9.17) is 23.2 Å². The molecule has 1 aliphatic rings. The minimum Gasteiger partial charge on any atom is -0.354 e. The highest BCUT2D eigenvalue weighted by molar-refractivity contribution is 6.42. The number of benzene rings is 1. The molecule has 0 aromatic heterocycles. The fourth-order valence-corrected chi connectivity index (χ4v) is 2.74. The lowest BCUT2D eigenvalue weighted by Gasteiger charge is -2.32. The Balaban J connectivity index is 1.85. The number of halogens is 2. The van der Waals surface area contributed by atoms with Crippen LogP contribution in [0.15, 0.2) is 18.2 Å². The zero-order valence-electron chi connectivity index (χ0n) is 11.0. The van der Waals surface area contributed by atoms with Gasteiger partial charge in [-0.25, -0.2) is 0 Å². The molecule has 104 valence electrons. The number of hydrogen-bond donors (Lipinski definition) is 1. The van der Waals surface area contributed by atoms with Crippen molar-refractivity contribution in [1.29, 1.82) is 0 Å². The molecule has 1 fully saturated rings. The molecule has 1 aromatic carbocycles. The minimum absolute atomic E-state index is 0.0583. The zero-order valence-corrected chi connectivity index (χ0v) is 12.5. The van der Waals surface area contributed by atoms with E-state index in [-0.39, 0.29) is 5.91 Å². The molecule has 0 spiro atoms. The van der Waals surface area contributed by atoms with Gasteiger partial charge in [-0.1, -0.05) is 29.3 Å². The van der Waals surface area contributed by atoms with Gasteiger partial charge in [0.05, 0.1) is 10.0 Å². The van der Waals surface area contributed by atoms with Crippen LogP contribution in [0.1, 0.15) is 25.3 Å². The highest BCUT2D eigenvalue weighted by Crippen LogP contribution is 2.24. The summed E-state index contributed by atoms with van der Waals surface area (Å²) in [5.41, 5.74) is 1.17. The number of piperidine rings is 1. The van der Waals surface area contributed by atoms with Crippen LogP contribution in [0, 0.1) is 0 Å². The van der Waals surface area contributed by atoms with E-state index in [1.54, 1.807) is 6.92 Å². The van der Waals surface area contributed by atoms with E-state index in [2.05, 4.69) is 10.2 Å². The molecule has 0 aliphatic carbocycles. The van der Waals surface area contributed by atoms with Crippen LogP contribution in [-0.2, 0) is 11.3 Å². The molecule has 3 nitrogen and oxygen atoms in total. The first-order valence-electron chi connectivity index (χ1n) is 6.48. The first-order valence-corrected chi connectivity index (χ1v) is 7.23. The van der Waals surface area contributed by atoms with Crippen LogP contribution in [0.25, 0.3) is 0 Å². The molecule has 1 saturated heterocycles. The van der Waals surface area contributed by atoms with Gasteiger partial charge in [-0.05, 0) is 30.5 Å². The Morgan fingerprint density at radius 3 is 2.58 bits per heavy atom. The van der Waals surface area contributed by atoms with Crippen molar-refractivity contribution in [3.8, 4) is 0 Å². The van der Waals surface area contributed by atoms with E-state index in [1.807, 2.05) is 18.2 Å². The molecule has 0 saturated carbocycles. The van der Waals surface area contributed by atoms with E-state index >= 15 is 0 Å². The first kappa shape index (κ1) is 14.6. The van der Waals surface area contributed by atoms with Crippen LogP contribution in [0.2, 0.25) is 10.0 Å². The molecule has 2 rings (SSSR count). The van der Waals surface area contributed by atoms with Crippen LogP contribution >= 0.6 is 23.2 Å². The Bertz CT molecular complexity index is 457. The van der Waals surface area contributed by atoms with Gasteiger partial charge >= 0.3 is 0 Å². The predicted molar refractivity (Wildman–Crippen MR) is 78.6 cm³/mol. The van der Waals surface area contributed by atoms with E-state index in [9.17, 15) is 4.79 Å². The minimum atomic E-state index is 0.0583. The molecule has 1 amide bonds. The Labute approximate surface area is 123 Å². The van der Waals surface area contributed by atoms with Crippen molar-refractivity contribution in [1.82, 2.24) is 10.2 Å². The van der Waals surface area contributed by atoms with Gasteiger partial charge in [-0.2, -0.15) is 0 Å². The molecule has 19 heavy (non-hydrogen) atoms. The Morgan fingerprint density at radius 2 is 2.00 bits per heavy atom. The van der Waals surface area contributed by atoms with Crippen LogP contribution in [-0.4, -0.2) is 29.9 Å². The Kier molecular flexibility index (Phi) is 5.08. The number of carbonyl (C=O) groups is 1. The summed E-state index contributed by atoms with van der Waals surface area (Å²) >= 11 is 11.9. The lowest BCUT2D eigenvalue weighted by atomic mass is 10.0. The van der Waals surface area contributed by atoms with Crippen LogP contribution in [0.4, 0.5) is 0 Å². The third-order valence-electron chi connectivity index (χ3n) is 3.39. The SMILES string of the molecule is CC(=O)NC1CCN(Cc2ccc(Cl)c(Cl)c2)CC1. The molecule has 0 unspecified atom stereocenters. The topological polar surface area (TPSA) is 32.3 Å². The molecule has 1 N–H and O–H groups in total. The summed E-state index contributed by atoms with van der Waals surface area (Å²) in [6.07, 6.45) is 2.00. The van der Waals surface area contributed by atoms with Gasteiger partial charge in [-0.15, -0.1) is 0 Å². The maximum atomic E-state index is 11.0. The molecular formula is C14H18Cl2N2O. The number of likely N-dealkylation sites (tertiary alicyclic amines) is 1. The molecule has 0 atom stereocenters. The van der Waals surface area contributed by atoms with E-state index < -0.39 is 0 Å². The fourth-order valence-electron chi connectivity index (χ4n) is 2.42.